The van der Waals surface area contributed by atoms with E-state index in [0.29, 0.717) is 33.8 Å². The van der Waals surface area contributed by atoms with Crippen LogP contribution in [0, 0.1) is 34.6 Å². The van der Waals surface area contributed by atoms with Crippen molar-refractivity contribution < 1.29 is 27.3 Å². The molecule has 4 aromatic rings. The number of anilines is 3. The Kier molecular flexibility index (Phi) is 11.3. The highest BCUT2D eigenvalue weighted by molar-refractivity contribution is 7.93. The number of thiophene rings is 1. The van der Waals surface area contributed by atoms with Gasteiger partial charge in [0.15, 0.2) is 0 Å². The predicted octanol–water partition coefficient (Wildman–Crippen LogP) is 5.66. The van der Waals surface area contributed by atoms with Gasteiger partial charge in [-0.25, -0.2) is 13.1 Å². The van der Waals surface area contributed by atoms with Crippen molar-refractivity contribution in [3.63, 3.8) is 0 Å². The van der Waals surface area contributed by atoms with Gasteiger partial charge in [0.05, 0.1) is 16.8 Å². The van der Waals surface area contributed by atoms with E-state index in [1.807, 2.05) is 39.0 Å². The van der Waals surface area contributed by atoms with Gasteiger partial charge in [-0.1, -0.05) is 28.9 Å². The molecule has 0 unspecified atom stereocenters. The highest BCUT2D eigenvalue weighted by atomic mass is 35.5. The fraction of sp³-hybridized carbons (Fsp3) is 0.290. The van der Waals surface area contributed by atoms with Crippen molar-refractivity contribution in [1.29, 1.82) is 0 Å². The molecule has 2 aromatic carbocycles. The summed E-state index contributed by atoms with van der Waals surface area (Å²) in [6.45, 7) is 9.03. The number of nitrogens with one attached hydrogen (secondary N) is 2. The molecule has 2 heterocycles. The van der Waals surface area contributed by atoms with E-state index in [1.54, 1.807) is 48.1 Å². The van der Waals surface area contributed by atoms with Gasteiger partial charge in [0.2, 0.25) is 0 Å². The summed E-state index contributed by atoms with van der Waals surface area (Å²) >= 11 is 6.94. The molecule has 3 amide bonds. The van der Waals surface area contributed by atoms with Crippen molar-refractivity contribution in [3.05, 3.63) is 84.7 Å². The first-order chi connectivity index (χ1) is 21.3. The lowest BCUT2D eigenvalue weighted by Gasteiger charge is -2.18. The number of nitrogen functional groups attached to an aromatic ring is 1. The molecule has 0 aliphatic carbocycles. The molecule has 0 atom stereocenters. The fourth-order valence-electron chi connectivity index (χ4n) is 4.38. The zero-order valence-corrected chi connectivity index (χ0v) is 29.4. The fourth-order valence-corrected chi connectivity index (χ4v) is 6.88. The van der Waals surface area contributed by atoms with E-state index in [1.165, 1.54) is 21.2 Å². The third-order valence-corrected chi connectivity index (χ3v) is 9.53. The van der Waals surface area contributed by atoms with Gasteiger partial charge in [-0.3, -0.25) is 14.4 Å². The average molecular weight is 689 g/mol. The van der Waals surface area contributed by atoms with E-state index in [4.69, 9.17) is 21.9 Å². The molecule has 246 valence electrons. The maximum Gasteiger partial charge on any atom is 0.267 e. The monoisotopic (exact) mass is 688 g/mol. The number of nitrogens with zero attached hydrogens (tertiary/aromatic N) is 3. The normalized spacial score (nSPS) is 10.9. The maximum atomic E-state index is 13.1. The third kappa shape index (κ3) is 8.05. The second-order valence-electron chi connectivity index (χ2n) is 11.0. The van der Waals surface area contributed by atoms with Gasteiger partial charge < -0.3 is 25.4 Å². The summed E-state index contributed by atoms with van der Waals surface area (Å²) in [6.07, 6.45) is 0. The topological polar surface area (TPSA) is 168 Å². The summed E-state index contributed by atoms with van der Waals surface area (Å²) in [5.41, 5.74) is 11.5. The van der Waals surface area contributed by atoms with Crippen LogP contribution in [-0.4, -0.2) is 69.3 Å². The number of aromatic nitrogens is 1. The second-order valence-corrected chi connectivity index (χ2v) is 14.0. The smallest absolute Gasteiger partial charge is 0.267 e. The minimum Gasteiger partial charge on any atom is -0.398 e. The van der Waals surface area contributed by atoms with Crippen LogP contribution in [0.3, 0.4) is 0 Å². The Labute approximate surface area is 277 Å². The molecule has 4 rings (SSSR count). The van der Waals surface area contributed by atoms with Crippen molar-refractivity contribution >= 4 is 67.9 Å². The van der Waals surface area contributed by atoms with Gasteiger partial charge in [-0.05, 0) is 80.5 Å². The summed E-state index contributed by atoms with van der Waals surface area (Å²) in [5.74, 6) is -1.24. The number of hydrogen-bond acceptors (Lipinski definition) is 9. The van der Waals surface area contributed by atoms with E-state index < -0.39 is 15.9 Å². The molecule has 0 aliphatic heterocycles. The molecule has 12 nitrogen and oxygen atoms in total. The molecule has 4 N–H and O–H groups in total. The molecule has 0 bridgehead atoms. The zero-order valence-electron chi connectivity index (χ0n) is 27.0. The van der Waals surface area contributed by atoms with Crippen molar-refractivity contribution in [3.8, 4) is 0 Å². The Morgan fingerprint density at radius 2 is 1.43 bits per heavy atom. The standard InChI is InChI=1S/C20H21ClN4O5S2.C11H16N2O/c1-10-8-11(2)16(13(9-10)20(27)25(4)5)22-18(26)17-14(6-7-31-17)32(28,29)24-19-15(21)12(3)23-30-19;1-7-5-8(2)10(12)9(6-7)11(14)13(3)4/h6-9,24H,1-5H3,(H,22,26);5-6H,12H2,1-4H3. The molecular weight excluding hydrogens is 652 g/mol. The number of carbonyl (C=O) groups excluding carboxylic acids is 3. The van der Waals surface area contributed by atoms with E-state index in [-0.39, 0.29) is 32.5 Å². The summed E-state index contributed by atoms with van der Waals surface area (Å²) < 4.78 is 32.9. The Morgan fingerprint density at radius 1 is 0.891 bits per heavy atom. The lowest BCUT2D eigenvalue weighted by atomic mass is 10.0. The van der Waals surface area contributed by atoms with E-state index in [0.717, 1.165) is 28.0 Å². The summed E-state index contributed by atoms with van der Waals surface area (Å²) in [5, 5.41) is 7.81. The van der Waals surface area contributed by atoms with Gasteiger partial charge in [-0.2, -0.15) is 0 Å². The number of nitrogens with two attached hydrogens (primary N) is 1. The molecule has 46 heavy (non-hydrogen) atoms. The van der Waals surface area contributed by atoms with Crippen LogP contribution in [0.1, 0.15) is 58.3 Å². The molecule has 0 spiro atoms. The Bertz CT molecular complexity index is 1910. The molecule has 0 aliphatic rings. The number of hydrogen-bond donors (Lipinski definition) is 3. The summed E-state index contributed by atoms with van der Waals surface area (Å²) in [7, 11) is 2.46. The molecule has 0 saturated heterocycles. The molecule has 0 fully saturated rings. The van der Waals surface area contributed by atoms with Crippen LogP contribution in [0.25, 0.3) is 0 Å². The van der Waals surface area contributed by atoms with E-state index in [2.05, 4.69) is 15.2 Å². The van der Waals surface area contributed by atoms with Crippen molar-refractivity contribution in [2.75, 3.05) is 44.0 Å². The van der Waals surface area contributed by atoms with Crippen LogP contribution in [-0.2, 0) is 10.0 Å². The molecule has 15 heteroatoms. The van der Waals surface area contributed by atoms with Gasteiger partial charge in [0.25, 0.3) is 33.6 Å². The van der Waals surface area contributed by atoms with Crippen LogP contribution in [0.2, 0.25) is 5.02 Å². The second kappa shape index (κ2) is 14.4. The number of rotatable bonds is 7. The molecule has 0 radical (unpaired) electrons. The van der Waals surface area contributed by atoms with Gasteiger partial charge >= 0.3 is 0 Å². The minimum absolute atomic E-state index is 0.0249. The van der Waals surface area contributed by atoms with Crippen LogP contribution < -0.4 is 15.8 Å². The van der Waals surface area contributed by atoms with Crippen molar-refractivity contribution in [2.45, 2.75) is 39.5 Å². The highest BCUT2D eigenvalue weighted by Crippen LogP contribution is 2.31. The lowest BCUT2D eigenvalue weighted by molar-refractivity contribution is 0.0821. The van der Waals surface area contributed by atoms with E-state index >= 15 is 0 Å². The number of amides is 3. The zero-order chi connectivity index (χ0) is 34.7. The first-order valence-electron chi connectivity index (χ1n) is 13.8. The Hall–Kier alpha value is -4.40. The number of aryl methyl sites for hydroxylation is 5. The average Bonchev–Trinajstić information content (AvgIpc) is 3.59. The summed E-state index contributed by atoms with van der Waals surface area (Å²) in [4.78, 5) is 40.0. The minimum atomic E-state index is -4.20. The van der Waals surface area contributed by atoms with Crippen molar-refractivity contribution in [1.82, 2.24) is 15.0 Å². The van der Waals surface area contributed by atoms with Crippen LogP contribution in [0.5, 0.6) is 0 Å². The quantitative estimate of drug-likeness (QED) is 0.209. The van der Waals surface area contributed by atoms with Crippen molar-refractivity contribution in [2.24, 2.45) is 0 Å². The SMILES string of the molecule is Cc1cc(C)c(N)c(C(=O)N(C)C)c1.Cc1cc(C)c(NC(=O)c2sccc2S(=O)(=O)Nc2onc(C)c2Cl)c(C(=O)N(C)C)c1. The lowest BCUT2D eigenvalue weighted by Crippen LogP contribution is -2.25. The maximum absolute atomic E-state index is 13.1. The molecule has 2 aromatic heterocycles. The molecule has 0 saturated carbocycles. The first kappa shape index (κ1) is 36.1. The predicted molar refractivity (Wildman–Crippen MR) is 182 cm³/mol. The van der Waals surface area contributed by atoms with E-state index in [9.17, 15) is 22.8 Å². The summed E-state index contributed by atoms with van der Waals surface area (Å²) in [6, 6.07) is 8.59. The largest absolute Gasteiger partial charge is 0.398 e. The van der Waals surface area contributed by atoms with Gasteiger partial charge in [0, 0.05) is 33.9 Å². The number of halogens is 1. The van der Waals surface area contributed by atoms with Crippen LogP contribution >= 0.6 is 22.9 Å². The Morgan fingerprint density at radius 3 is 1.98 bits per heavy atom. The number of benzene rings is 2. The number of carbonyl (C=O) groups is 3. The third-order valence-electron chi connectivity index (χ3n) is 6.67. The highest BCUT2D eigenvalue weighted by Gasteiger charge is 2.28. The van der Waals surface area contributed by atoms with Crippen LogP contribution in [0.15, 0.2) is 45.1 Å². The van der Waals surface area contributed by atoms with Crippen LogP contribution in [0.4, 0.5) is 17.3 Å². The number of sulfonamides is 1. The Balaban J connectivity index is 0.000000344. The molecular formula is C31H37ClN6O6S2. The first-order valence-corrected chi connectivity index (χ1v) is 16.5. The van der Waals surface area contributed by atoms with Gasteiger partial charge in [0.1, 0.15) is 20.5 Å². The van der Waals surface area contributed by atoms with Gasteiger partial charge in [-0.15, -0.1) is 11.3 Å².